The number of pyridine rings is 1. The average molecular weight is 253 g/mol. The second-order valence-electron chi connectivity index (χ2n) is 4.78. The maximum absolute atomic E-state index is 11.0. The molecule has 0 saturated carbocycles. The maximum Gasteiger partial charge on any atom is 0.166 e. The Morgan fingerprint density at radius 3 is 2.68 bits per heavy atom. The summed E-state index contributed by atoms with van der Waals surface area (Å²) in [6.45, 7) is 4.18. The quantitative estimate of drug-likeness (QED) is 0.659. The largest absolute Gasteiger partial charge is 0.346 e. The predicted molar refractivity (Wildman–Crippen MR) is 74.5 cm³/mol. The molecule has 0 fully saturated rings. The van der Waals surface area contributed by atoms with E-state index in [1.165, 1.54) is 11.3 Å². The minimum Gasteiger partial charge on any atom is -0.346 e. The van der Waals surface area contributed by atoms with Crippen molar-refractivity contribution in [2.75, 3.05) is 0 Å². The van der Waals surface area contributed by atoms with E-state index < -0.39 is 0 Å². The number of aryl methyl sites for hydroxylation is 1. The third-order valence-electron chi connectivity index (χ3n) is 3.70. The first-order valence-electron chi connectivity index (χ1n) is 6.18. The van der Waals surface area contributed by atoms with Gasteiger partial charge in [0.05, 0.1) is 11.4 Å². The maximum atomic E-state index is 11.0. The van der Waals surface area contributed by atoms with Gasteiger partial charge in [-0.1, -0.05) is 6.07 Å². The molecule has 0 atom stereocenters. The van der Waals surface area contributed by atoms with Gasteiger partial charge in [0, 0.05) is 18.9 Å². The summed E-state index contributed by atoms with van der Waals surface area (Å²) in [7, 11) is 2.03. The highest BCUT2D eigenvalue weighted by Gasteiger charge is 2.12. The molecule has 0 aliphatic rings. The van der Waals surface area contributed by atoms with Gasteiger partial charge in [0.1, 0.15) is 11.3 Å². The van der Waals surface area contributed by atoms with Crippen LogP contribution in [0.4, 0.5) is 0 Å². The van der Waals surface area contributed by atoms with Crippen molar-refractivity contribution >= 4 is 11.9 Å². The summed E-state index contributed by atoms with van der Waals surface area (Å²) in [5, 5.41) is 0. The Hall–Kier alpha value is -2.36. The van der Waals surface area contributed by atoms with Crippen molar-refractivity contribution in [3.63, 3.8) is 0 Å². The van der Waals surface area contributed by atoms with Crippen LogP contribution in [0.3, 0.4) is 0 Å². The predicted octanol–water partition coefficient (Wildman–Crippen LogP) is 2.77. The molecule has 0 unspecified atom stereocenters. The van der Waals surface area contributed by atoms with Gasteiger partial charge in [0.2, 0.25) is 0 Å². The topological polar surface area (TPSA) is 39.3 Å². The van der Waals surface area contributed by atoms with E-state index in [4.69, 9.17) is 0 Å². The van der Waals surface area contributed by atoms with Crippen LogP contribution in [0, 0.1) is 13.8 Å². The van der Waals surface area contributed by atoms with Gasteiger partial charge >= 0.3 is 0 Å². The SMILES string of the molecule is Cc1cc(-c2cn3c(C=O)cccc3n2)n(C)c1C. The smallest absolute Gasteiger partial charge is 0.166 e. The Morgan fingerprint density at radius 2 is 2.05 bits per heavy atom. The van der Waals surface area contributed by atoms with E-state index in [0.717, 1.165) is 23.3 Å². The summed E-state index contributed by atoms with van der Waals surface area (Å²) in [4.78, 5) is 15.6. The van der Waals surface area contributed by atoms with Crippen LogP contribution in [-0.2, 0) is 7.05 Å². The number of aldehydes is 1. The molecule has 0 amide bonds. The van der Waals surface area contributed by atoms with Crippen molar-refractivity contribution in [2.45, 2.75) is 13.8 Å². The highest BCUT2D eigenvalue weighted by molar-refractivity contribution is 5.75. The molecule has 0 spiro atoms. The molecule has 4 nitrogen and oxygen atoms in total. The van der Waals surface area contributed by atoms with Crippen LogP contribution in [0.15, 0.2) is 30.5 Å². The third kappa shape index (κ3) is 1.68. The molecule has 96 valence electrons. The number of imidazole rings is 1. The van der Waals surface area contributed by atoms with Gasteiger partial charge in [-0.05, 0) is 37.6 Å². The number of fused-ring (bicyclic) bond motifs is 1. The first kappa shape index (κ1) is 11.7. The summed E-state index contributed by atoms with van der Waals surface area (Å²) in [5.74, 6) is 0. The van der Waals surface area contributed by atoms with Crippen LogP contribution in [0.25, 0.3) is 17.0 Å². The number of carbonyl (C=O) groups excluding carboxylic acids is 1. The van der Waals surface area contributed by atoms with Gasteiger partial charge < -0.3 is 4.57 Å². The lowest BCUT2D eigenvalue weighted by atomic mass is 10.2. The summed E-state index contributed by atoms with van der Waals surface area (Å²) in [6.07, 6.45) is 2.76. The Morgan fingerprint density at radius 1 is 1.26 bits per heavy atom. The minimum absolute atomic E-state index is 0.610. The number of aromatic nitrogens is 3. The lowest BCUT2D eigenvalue weighted by Gasteiger charge is -2.01. The van der Waals surface area contributed by atoms with Crippen LogP contribution in [0.1, 0.15) is 21.7 Å². The minimum atomic E-state index is 0.610. The van der Waals surface area contributed by atoms with Gasteiger partial charge in [-0.25, -0.2) is 4.98 Å². The number of hydrogen-bond donors (Lipinski definition) is 0. The van der Waals surface area contributed by atoms with Crippen LogP contribution in [-0.4, -0.2) is 20.2 Å². The van der Waals surface area contributed by atoms with Crippen LogP contribution in [0.5, 0.6) is 0 Å². The molecular weight excluding hydrogens is 238 g/mol. The Labute approximate surface area is 111 Å². The van der Waals surface area contributed by atoms with E-state index in [1.54, 1.807) is 6.07 Å². The zero-order chi connectivity index (χ0) is 13.6. The standard InChI is InChI=1S/C15H15N3O/c1-10-7-14(17(3)11(10)2)13-8-18-12(9-19)5-4-6-15(18)16-13/h4-9H,1-3H3. The van der Waals surface area contributed by atoms with Gasteiger partial charge in [0.25, 0.3) is 0 Å². The molecule has 0 bridgehead atoms. The fourth-order valence-corrected chi connectivity index (χ4v) is 2.35. The Balaban J connectivity index is 2.26. The molecule has 0 aliphatic heterocycles. The average Bonchev–Trinajstić information content (AvgIpc) is 2.95. The van der Waals surface area contributed by atoms with E-state index in [2.05, 4.69) is 29.5 Å². The third-order valence-corrected chi connectivity index (χ3v) is 3.70. The molecule has 3 aromatic rings. The molecule has 0 aromatic carbocycles. The first-order chi connectivity index (χ1) is 9.11. The Kier molecular flexibility index (Phi) is 2.52. The van der Waals surface area contributed by atoms with Gasteiger partial charge in [-0.15, -0.1) is 0 Å². The zero-order valence-corrected chi connectivity index (χ0v) is 11.2. The highest BCUT2D eigenvalue weighted by Crippen LogP contribution is 2.24. The normalized spacial score (nSPS) is 11.1. The van der Waals surface area contributed by atoms with Crippen molar-refractivity contribution in [1.82, 2.24) is 14.0 Å². The van der Waals surface area contributed by atoms with E-state index in [9.17, 15) is 4.79 Å². The van der Waals surface area contributed by atoms with Crippen molar-refractivity contribution in [2.24, 2.45) is 7.05 Å². The molecule has 3 rings (SSSR count). The summed E-state index contributed by atoms with van der Waals surface area (Å²) >= 11 is 0. The molecular formula is C15H15N3O. The zero-order valence-electron chi connectivity index (χ0n) is 11.2. The fourth-order valence-electron chi connectivity index (χ4n) is 2.35. The van der Waals surface area contributed by atoms with E-state index in [0.29, 0.717) is 5.69 Å². The Bertz CT molecular complexity index is 780. The van der Waals surface area contributed by atoms with Gasteiger partial charge in [0.15, 0.2) is 6.29 Å². The fraction of sp³-hybridized carbons (Fsp3) is 0.200. The van der Waals surface area contributed by atoms with Crippen molar-refractivity contribution in [3.8, 4) is 11.4 Å². The number of hydrogen-bond acceptors (Lipinski definition) is 2. The summed E-state index contributed by atoms with van der Waals surface area (Å²) in [6, 6.07) is 7.65. The summed E-state index contributed by atoms with van der Waals surface area (Å²) in [5.41, 5.74) is 5.81. The van der Waals surface area contributed by atoms with Gasteiger partial charge in [-0.3, -0.25) is 9.20 Å². The first-order valence-corrected chi connectivity index (χ1v) is 6.18. The molecule has 0 radical (unpaired) electrons. The van der Waals surface area contributed by atoms with Crippen LogP contribution < -0.4 is 0 Å². The lowest BCUT2D eigenvalue weighted by molar-refractivity contribution is 0.111. The number of nitrogens with zero attached hydrogens (tertiary/aromatic N) is 3. The van der Waals surface area contributed by atoms with Crippen LogP contribution >= 0.6 is 0 Å². The van der Waals surface area contributed by atoms with Crippen molar-refractivity contribution < 1.29 is 4.79 Å². The molecule has 0 saturated heterocycles. The molecule has 3 aromatic heterocycles. The van der Waals surface area contributed by atoms with E-state index >= 15 is 0 Å². The molecule has 4 heteroatoms. The summed E-state index contributed by atoms with van der Waals surface area (Å²) < 4.78 is 3.94. The van der Waals surface area contributed by atoms with E-state index in [1.807, 2.05) is 29.8 Å². The van der Waals surface area contributed by atoms with Crippen molar-refractivity contribution in [3.05, 3.63) is 47.4 Å². The lowest BCUT2D eigenvalue weighted by Crippen LogP contribution is -1.94. The van der Waals surface area contributed by atoms with E-state index in [-0.39, 0.29) is 0 Å². The second-order valence-corrected chi connectivity index (χ2v) is 4.78. The number of carbonyl (C=O) groups is 1. The molecule has 0 N–H and O–H groups in total. The molecule has 3 heterocycles. The number of rotatable bonds is 2. The van der Waals surface area contributed by atoms with Crippen molar-refractivity contribution in [1.29, 1.82) is 0 Å². The monoisotopic (exact) mass is 253 g/mol. The molecule has 19 heavy (non-hydrogen) atoms. The second kappa shape index (κ2) is 4.09. The van der Waals surface area contributed by atoms with Gasteiger partial charge in [-0.2, -0.15) is 0 Å². The highest BCUT2D eigenvalue weighted by atomic mass is 16.1. The molecule has 0 aliphatic carbocycles. The van der Waals surface area contributed by atoms with Crippen LogP contribution in [0.2, 0.25) is 0 Å².